The molecule has 0 radical (unpaired) electrons. The Bertz CT molecular complexity index is 489. The molecule has 17 heavy (non-hydrogen) atoms. The molecule has 0 aliphatic heterocycles. The van der Waals surface area contributed by atoms with E-state index in [0.29, 0.717) is 18.7 Å². The lowest BCUT2D eigenvalue weighted by molar-refractivity contribution is 0.0954. The largest absolute Gasteiger partial charge is 0.399 e. The highest BCUT2D eigenvalue weighted by atomic mass is 35.5. The Balaban J connectivity index is 2.77. The van der Waals surface area contributed by atoms with Crippen molar-refractivity contribution in [3.05, 3.63) is 27.7 Å². The van der Waals surface area contributed by atoms with E-state index >= 15 is 0 Å². The van der Waals surface area contributed by atoms with Crippen LogP contribution in [0.25, 0.3) is 0 Å². The van der Waals surface area contributed by atoms with Crippen LogP contribution < -0.4 is 11.1 Å². The molecule has 0 fully saturated rings. The number of carbonyl (C=O) groups excluding carboxylic acids is 1. The molecule has 0 aromatic heterocycles. The van der Waals surface area contributed by atoms with E-state index < -0.39 is 0 Å². The predicted molar refractivity (Wildman–Crippen MR) is 71.3 cm³/mol. The summed E-state index contributed by atoms with van der Waals surface area (Å²) >= 11 is 11.8. The second kappa shape index (κ2) is 6.39. The summed E-state index contributed by atoms with van der Waals surface area (Å²) in [5.74, 6) is 5.28. The first-order valence-corrected chi connectivity index (χ1v) is 5.74. The third kappa shape index (κ3) is 3.85. The normalized spacial score (nSPS) is 9.35. The summed E-state index contributed by atoms with van der Waals surface area (Å²) in [6.45, 7) is 2.21. The number of amides is 1. The Labute approximate surface area is 110 Å². The summed E-state index contributed by atoms with van der Waals surface area (Å²) in [6.07, 6.45) is 0.593. The maximum Gasteiger partial charge on any atom is 0.252 e. The Morgan fingerprint density at radius 3 is 2.82 bits per heavy atom. The standard InChI is InChI=1S/C12H12Cl2N2O/c1-2-3-4-5-16-12(17)9-6-8(15)7-10(13)11(9)14/h6-7H,4-5,15H2,1H3,(H,16,17). The van der Waals surface area contributed by atoms with E-state index in [1.807, 2.05) is 0 Å². The van der Waals surface area contributed by atoms with Gasteiger partial charge in [0.05, 0.1) is 15.6 Å². The number of nitrogens with one attached hydrogen (secondary N) is 1. The van der Waals surface area contributed by atoms with Gasteiger partial charge in [-0.3, -0.25) is 4.79 Å². The lowest BCUT2D eigenvalue weighted by atomic mass is 10.2. The molecule has 3 nitrogen and oxygen atoms in total. The number of carbonyl (C=O) groups is 1. The van der Waals surface area contributed by atoms with Crippen LogP contribution in [-0.4, -0.2) is 12.5 Å². The second-order valence-electron chi connectivity index (χ2n) is 3.30. The van der Waals surface area contributed by atoms with Gasteiger partial charge >= 0.3 is 0 Å². The number of nitrogen functional groups attached to an aromatic ring is 1. The van der Waals surface area contributed by atoms with Gasteiger partial charge < -0.3 is 11.1 Å². The minimum Gasteiger partial charge on any atom is -0.399 e. The smallest absolute Gasteiger partial charge is 0.252 e. The zero-order valence-corrected chi connectivity index (χ0v) is 10.8. The van der Waals surface area contributed by atoms with Crippen molar-refractivity contribution in [2.45, 2.75) is 13.3 Å². The van der Waals surface area contributed by atoms with E-state index in [4.69, 9.17) is 28.9 Å². The van der Waals surface area contributed by atoms with Crippen LogP contribution >= 0.6 is 23.2 Å². The van der Waals surface area contributed by atoms with Gasteiger partial charge in [0, 0.05) is 18.7 Å². The Morgan fingerprint density at radius 2 is 2.18 bits per heavy atom. The van der Waals surface area contributed by atoms with Crippen LogP contribution in [0.15, 0.2) is 12.1 Å². The Morgan fingerprint density at radius 1 is 1.47 bits per heavy atom. The Kier molecular flexibility index (Phi) is 5.14. The molecule has 1 amide bonds. The summed E-state index contributed by atoms with van der Waals surface area (Å²) in [4.78, 5) is 11.8. The van der Waals surface area contributed by atoms with Crippen LogP contribution in [0.1, 0.15) is 23.7 Å². The maximum atomic E-state index is 11.8. The van der Waals surface area contributed by atoms with Gasteiger partial charge in [-0.1, -0.05) is 23.2 Å². The lowest BCUT2D eigenvalue weighted by Gasteiger charge is -2.07. The molecule has 1 aromatic rings. The first-order chi connectivity index (χ1) is 8.06. The third-order valence-electron chi connectivity index (χ3n) is 2.01. The quantitative estimate of drug-likeness (QED) is 0.504. The topological polar surface area (TPSA) is 55.1 Å². The van der Waals surface area contributed by atoms with Gasteiger partial charge in [-0.25, -0.2) is 0 Å². The molecule has 1 rings (SSSR count). The first kappa shape index (κ1) is 13.7. The van der Waals surface area contributed by atoms with Crippen molar-refractivity contribution in [3.8, 4) is 11.8 Å². The van der Waals surface area contributed by atoms with E-state index in [1.54, 1.807) is 6.92 Å². The average molecular weight is 271 g/mol. The molecule has 0 aliphatic carbocycles. The number of hydrogen-bond donors (Lipinski definition) is 2. The van der Waals surface area contributed by atoms with E-state index in [2.05, 4.69) is 17.2 Å². The number of hydrogen-bond acceptors (Lipinski definition) is 2. The number of rotatable bonds is 3. The van der Waals surface area contributed by atoms with Crippen molar-refractivity contribution in [3.63, 3.8) is 0 Å². The van der Waals surface area contributed by atoms with Crippen LogP contribution in [0.5, 0.6) is 0 Å². The van der Waals surface area contributed by atoms with Gasteiger partial charge in [-0.05, 0) is 19.1 Å². The van der Waals surface area contributed by atoms with Crippen LogP contribution in [-0.2, 0) is 0 Å². The fourth-order valence-electron chi connectivity index (χ4n) is 1.23. The molecule has 0 unspecified atom stereocenters. The maximum absolute atomic E-state index is 11.8. The van der Waals surface area contributed by atoms with Gasteiger partial charge in [0.2, 0.25) is 0 Å². The summed E-state index contributed by atoms with van der Waals surface area (Å²) in [5, 5.41) is 3.17. The van der Waals surface area contributed by atoms with Crippen molar-refractivity contribution < 1.29 is 4.79 Å². The van der Waals surface area contributed by atoms with E-state index in [-0.39, 0.29) is 21.5 Å². The zero-order chi connectivity index (χ0) is 12.8. The molecule has 3 N–H and O–H groups in total. The van der Waals surface area contributed by atoms with Crippen molar-refractivity contribution >= 4 is 34.8 Å². The molecule has 0 atom stereocenters. The van der Waals surface area contributed by atoms with E-state index in [0.717, 1.165) is 0 Å². The van der Waals surface area contributed by atoms with Crippen molar-refractivity contribution in [2.75, 3.05) is 12.3 Å². The summed E-state index contributed by atoms with van der Waals surface area (Å²) in [6, 6.07) is 3.00. The number of benzene rings is 1. The molecule has 0 aliphatic rings. The predicted octanol–water partition coefficient (Wildman–Crippen LogP) is 2.72. The van der Waals surface area contributed by atoms with Crippen molar-refractivity contribution in [1.29, 1.82) is 0 Å². The first-order valence-electron chi connectivity index (χ1n) is 4.98. The fraction of sp³-hybridized carbons (Fsp3) is 0.250. The van der Waals surface area contributed by atoms with Gasteiger partial charge in [0.1, 0.15) is 0 Å². The average Bonchev–Trinajstić information content (AvgIpc) is 2.29. The molecular formula is C12H12Cl2N2O. The van der Waals surface area contributed by atoms with Crippen molar-refractivity contribution in [1.82, 2.24) is 5.32 Å². The minimum atomic E-state index is -0.304. The van der Waals surface area contributed by atoms with Crippen LogP contribution in [0.3, 0.4) is 0 Å². The van der Waals surface area contributed by atoms with E-state index in [9.17, 15) is 4.79 Å². The molecule has 1 aromatic carbocycles. The van der Waals surface area contributed by atoms with Crippen LogP contribution in [0.2, 0.25) is 10.0 Å². The summed E-state index contributed by atoms with van der Waals surface area (Å²) in [7, 11) is 0. The summed E-state index contributed by atoms with van der Waals surface area (Å²) in [5.41, 5.74) is 6.28. The second-order valence-corrected chi connectivity index (χ2v) is 4.08. The SMILES string of the molecule is CC#CCCNC(=O)c1cc(N)cc(Cl)c1Cl. The highest BCUT2D eigenvalue weighted by molar-refractivity contribution is 6.44. The minimum absolute atomic E-state index is 0.208. The molecule has 90 valence electrons. The number of anilines is 1. The number of nitrogens with two attached hydrogens (primary N) is 1. The molecule has 0 saturated heterocycles. The number of halogens is 2. The molecular weight excluding hydrogens is 259 g/mol. The highest BCUT2D eigenvalue weighted by Gasteiger charge is 2.13. The van der Waals surface area contributed by atoms with Crippen LogP contribution in [0.4, 0.5) is 5.69 Å². The molecule has 5 heteroatoms. The molecule has 0 saturated carbocycles. The molecule has 0 heterocycles. The van der Waals surface area contributed by atoms with Crippen LogP contribution in [0, 0.1) is 11.8 Å². The summed E-state index contributed by atoms with van der Waals surface area (Å²) < 4.78 is 0. The van der Waals surface area contributed by atoms with Gasteiger partial charge in [-0.2, -0.15) is 0 Å². The third-order valence-corrected chi connectivity index (χ3v) is 2.81. The van der Waals surface area contributed by atoms with Gasteiger partial charge in [-0.15, -0.1) is 11.8 Å². The van der Waals surface area contributed by atoms with Crippen molar-refractivity contribution in [2.24, 2.45) is 0 Å². The highest BCUT2D eigenvalue weighted by Crippen LogP contribution is 2.28. The zero-order valence-electron chi connectivity index (χ0n) is 9.31. The van der Waals surface area contributed by atoms with Gasteiger partial charge in [0.25, 0.3) is 5.91 Å². The monoisotopic (exact) mass is 270 g/mol. The Hall–Kier alpha value is -1.37. The van der Waals surface area contributed by atoms with Gasteiger partial charge in [0.15, 0.2) is 0 Å². The lowest BCUT2D eigenvalue weighted by Crippen LogP contribution is -2.24. The molecule has 0 spiro atoms. The molecule has 0 bridgehead atoms. The van der Waals surface area contributed by atoms with E-state index in [1.165, 1.54) is 12.1 Å². The fourth-order valence-corrected chi connectivity index (χ4v) is 1.66.